The maximum Gasteiger partial charge on any atom is 0.231 e. The van der Waals surface area contributed by atoms with Crippen molar-refractivity contribution in [3.8, 4) is 5.75 Å². The number of hydrogen-bond donors (Lipinski definition) is 1. The summed E-state index contributed by atoms with van der Waals surface area (Å²) in [6.07, 6.45) is 2.94. The summed E-state index contributed by atoms with van der Waals surface area (Å²) in [5.74, 6) is -1.03. The zero-order valence-electron chi connectivity index (χ0n) is 8.53. The Morgan fingerprint density at radius 1 is 1.50 bits per heavy atom. The van der Waals surface area contributed by atoms with Gasteiger partial charge in [0.1, 0.15) is 0 Å². The van der Waals surface area contributed by atoms with Gasteiger partial charge < -0.3 is 9.72 Å². The summed E-state index contributed by atoms with van der Waals surface area (Å²) < 4.78 is 18.5. The highest BCUT2D eigenvalue weighted by molar-refractivity contribution is 6.06. The molecule has 0 aliphatic carbocycles. The first-order valence-electron chi connectivity index (χ1n) is 4.60. The van der Waals surface area contributed by atoms with Crippen LogP contribution >= 0.6 is 0 Å². The molecule has 4 nitrogen and oxygen atoms in total. The molecule has 0 aliphatic rings. The van der Waals surface area contributed by atoms with Gasteiger partial charge in [0.25, 0.3) is 0 Å². The molecule has 0 bridgehead atoms. The third-order valence-corrected chi connectivity index (χ3v) is 2.14. The second-order valence-corrected chi connectivity index (χ2v) is 3.09. The smallest absolute Gasteiger partial charge is 0.231 e. The van der Waals surface area contributed by atoms with Crippen molar-refractivity contribution in [2.75, 3.05) is 7.11 Å². The van der Waals surface area contributed by atoms with Crippen LogP contribution in [0.3, 0.4) is 0 Å². The van der Waals surface area contributed by atoms with Crippen LogP contribution in [-0.2, 0) is 0 Å². The third-order valence-electron chi connectivity index (χ3n) is 2.14. The third kappa shape index (κ3) is 1.67. The van der Waals surface area contributed by atoms with Gasteiger partial charge in [-0.05, 0) is 12.1 Å². The zero-order valence-corrected chi connectivity index (χ0v) is 8.53. The normalized spacial score (nSPS) is 10.1. The number of carbonyl (C=O) groups is 1. The highest BCUT2D eigenvalue weighted by Gasteiger charge is 2.18. The highest BCUT2D eigenvalue weighted by atomic mass is 19.1. The van der Waals surface area contributed by atoms with Gasteiger partial charge in [0.2, 0.25) is 5.78 Å². The van der Waals surface area contributed by atoms with Crippen LogP contribution in [0.1, 0.15) is 16.2 Å². The minimum absolute atomic E-state index is 0.0393. The van der Waals surface area contributed by atoms with Crippen LogP contribution in [0, 0.1) is 5.82 Å². The Hall–Kier alpha value is -2.17. The molecule has 16 heavy (non-hydrogen) atoms. The molecular formula is C11H9FN2O2. The number of imidazole rings is 1. The Morgan fingerprint density at radius 2 is 2.31 bits per heavy atom. The van der Waals surface area contributed by atoms with E-state index >= 15 is 0 Å². The van der Waals surface area contributed by atoms with Crippen molar-refractivity contribution in [1.82, 2.24) is 9.97 Å². The van der Waals surface area contributed by atoms with Crippen LogP contribution in [-0.4, -0.2) is 22.9 Å². The molecule has 5 heteroatoms. The number of rotatable bonds is 3. The van der Waals surface area contributed by atoms with Crippen LogP contribution in [0.15, 0.2) is 30.6 Å². The fraction of sp³-hybridized carbons (Fsp3) is 0.0909. The lowest BCUT2D eigenvalue weighted by atomic mass is 10.1. The molecule has 1 aromatic carbocycles. The molecule has 0 saturated carbocycles. The maximum atomic E-state index is 13.7. The van der Waals surface area contributed by atoms with Gasteiger partial charge >= 0.3 is 0 Å². The minimum Gasteiger partial charge on any atom is -0.494 e. The Kier molecular flexibility index (Phi) is 2.68. The Morgan fingerprint density at radius 3 is 2.94 bits per heavy atom. The van der Waals surface area contributed by atoms with E-state index < -0.39 is 11.6 Å². The molecule has 0 saturated heterocycles. The van der Waals surface area contributed by atoms with Crippen LogP contribution in [0.25, 0.3) is 0 Å². The lowest BCUT2D eigenvalue weighted by molar-refractivity contribution is 0.102. The zero-order chi connectivity index (χ0) is 11.5. The van der Waals surface area contributed by atoms with Crippen molar-refractivity contribution in [3.63, 3.8) is 0 Å². The number of methoxy groups -OCH3 is 1. The standard InChI is InChI=1S/C11H9FN2O2/c1-16-8-4-2-3-7(9(8)12)10(15)11-13-5-6-14-11/h2-6H,1H3,(H,13,14). The van der Waals surface area contributed by atoms with Crippen LogP contribution in [0.2, 0.25) is 0 Å². The van der Waals surface area contributed by atoms with Crippen molar-refractivity contribution in [2.24, 2.45) is 0 Å². The molecule has 0 amide bonds. The lowest BCUT2D eigenvalue weighted by Crippen LogP contribution is -2.07. The summed E-state index contributed by atoms with van der Waals surface area (Å²) in [6.45, 7) is 0. The van der Waals surface area contributed by atoms with Gasteiger partial charge in [-0.25, -0.2) is 9.37 Å². The Bertz CT molecular complexity index is 509. The highest BCUT2D eigenvalue weighted by Crippen LogP contribution is 2.21. The van der Waals surface area contributed by atoms with E-state index in [9.17, 15) is 9.18 Å². The SMILES string of the molecule is COc1cccc(C(=O)c2ncc[nH]2)c1F. The van der Waals surface area contributed by atoms with E-state index in [1.165, 1.54) is 31.6 Å². The topological polar surface area (TPSA) is 55.0 Å². The van der Waals surface area contributed by atoms with Gasteiger partial charge in [0.05, 0.1) is 12.7 Å². The Labute approximate surface area is 91.1 Å². The largest absolute Gasteiger partial charge is 0.494 e. The first kappa shape index (κ1) is 10.4. The van der Waals surface area contributed by atoms with Crippen LogP contribution in [0.4, 0.5) is 4.39 Å². The van der Waals surface area contributed by atoms with Crippen molar-refractivity contribution < 1.29 is 13.9 Å². The van der Waals surface area contributed by atoms with Crippen LogP contribution < -0.4 is 4.74 Å². The second kappa shape index (κ2) is 4.14. The van der Waals surface area contributed by atoms with Crippen molar-refractivity contribution >= 4 is 5.78 Å². The Balaban J connectivity index is 2.45. The predicted octanol–water partition coefficient (Wildman–Crippen LogP) is 1.79. The number of halogens is 1. The van der Waals surface area contributed by atoms with Crippen molar-refractivity contribution in [1.29, 1.82) is 0 Å². The second-order valence-electron chi connectivity index (χ2n) is 3.09. The van der Waals surface area contributed by atoms with Crippen molar-refractivity contribution in [2.45, 2.75) is 0 Å². The van der Waals surface area contributed by atoms with E-state index in [1.807, 2.05) is 0 Å². The molecule has 0 atom stereocenters. The fourth-order valence-corrected chi connectivity index (χ4v) is 1.36. The molecule has 1 heterocycles. The maximum absolute atomic E-state index is 13.7. The fourth-order valence-electron chi connectivity index (χ4n) is 1.36. The molecule has 1 aromatic heterocycles. The van der Waals surface area contributed by atoms with Gasteiger partial charge in [-0.2, -0.15) is 0 Å². The van der Waals surface area contributed by atoms with Crippen molar-refractivity contribution in [3.05, 3.63) is 47.8 Å². The van der Waals surface area contributed by atoms with Gasteiger partial charge in [-0.15, -0.1) is 0 Å². The quantitative estimate of drug-likeness (QED) is 0.802. The summed E-state index contributed by atoms with van der Waals surface area (Å²) in [6, 6.07) is 4.40. The van der Waals surface area contributed by atoms with E-state index in [-0.39, 0.29) is 17.1 Å². The summed E-state index contributed by atoms with van der Waals surface area (Å²) in [5, 5.41) is 0. The number of H-pyrrole nitrogens is 1. The molecule has 2 rings (SSSR count). The van der Waals surface area contributed by atoms with Gasteiger partial charge in [0, 0.05) is 12.4 Å². The number of nitrogens with zero attached hydrogens (tertiary/aromatic N) is 1. The molecule has 0 radical (unpaired) electrons. The van der Waals surface area contributed by atoms with E-state index in [1.54, 1.807) is 6.07 Å². The number of carbonyl (C=O) groups excluding carboxylic acids is 1. The van der Waals surface area contributed by atoms with E-state index in [2.05, 4.69) is 9.97 Å². The number of hydrogen-bond acceptors (Lipinski definition) is 3. The van der Waals surface area contributed by atoms with Gasteiger partial charge in [-0.3, -0.25) is 4.79 Å². The molecule has 2 aromatic rings. The van der Waals surface area contributed by atoms with E-state index in [0.29, 0.717) is 0 Å². The number of aromatic amines is 1. The van der Waals surface area contributed by atoms with E-state index in [4.69, 9.17) is 4.74 Å². The molecule has 0 unspecified atom stereocenters. The summed E-state index contributed by atoms with van der Waals surface area (Å²) >= 11 is 0. The summed E-state index contributed by atoms with van der Waals surface area (Å²) in [5.41, 5.74) is -0.0608. The number of ether oxygens (including phenoxy) is 1. The lowest BCUT2D eigenvalue weighted by Gasteiger charge is -2.04. The van der Waals surface area contributed by atoms with E-state index in [0.717, 1.165) is 0 Å². The van der Waals surface area contributed by atoms with Gasteiger partial charge in [0.15, 0.2) is 17.4 Å². The summed E-state index contributed by atoms with van der Waals surface area (Å²) in [4.78, 5) is 18.2. The number of benzene rings is 1. The summed E-state index contributed by atoms with van der Waals surface area (Å²) in [7, 11) is 1.35. The first-order chi connectivity index (χ1) is 7.74. The molecule has 0 aliphatic heterocycles. The molecule has 0 fully saturated rings. The average molecular weight is 220 g/mol. The first-order valence-corrected chi connectivity index (χ1v) is 4.60. The predicted molar refractivity (Wildman–Crippen MR) is 55.0 cm³/mol. The number of ketones is 1. The molecule has 0 spiro atoms. The number of aromatic nitrogens is 2. The monoisotopic (exact) mass is 220 g/mol. The number of nitrogens with one attached hydrogen (secondary N) is 1. The van der Waals surface area contributed by atoms with Gasteiger partial charge in [-0.1, -0.05) is 6.07 Å². The molecule has 82 valence electrons. The molecular weight excluding hydrogens is 211 g/mol. The minimum atomic E-state index is -0.675. The molecule has 1 N–H and O–H groups in total. The van der Waals surface area contributed by atoms with Crippen LogP contribution in [0.5, 0.6) is 5.75 Å². The average Bonchev–Trinajstić information content (AvgIpc) is 2.82.